The summed E-state index contributed by atoms with van der Waals surface area (Å²) in [4.78, 5) is 9.40. The van der Waals surface area contributed by atoms with E-state index in [-0.39, 0.29) is 26.8 Å². The molecule has 0 fully saturated rings. The third kappa shape index (κ3) is 7.19. The van der Waals surface area contributed by atoms with E-state index in [9.17, 15) is 0 Å². The van der Waals surface area contributed by atoms with Gasteiger partial charge in [-0.1, -0.05) is 96.9 Å². The van der Waals surface area contributed by atoms with Crippen LogP contribution >= 0.6 is 0 Å². The van der Waals surface area contributed by atoms with Crippen LogP contribution in [0.25, 0.3) is 44.8 Å². The van der Waals surface area contributed by atoms with E-state index in [4.69, 9.17) is 14.5 Å². The zero-order chi connectivity index (χ0) is 39.2. The molecule has 2 aliphatic rings. The van der Waals surface area contributed by atoms with Gasteiger partial charge in [0, 0.05) is 43.7 Å². The molecule has 8 aromatic rings. The molecule has 10 rings (SSSR count). The minimum atomic E-state index is 0. The largest absolute Gasteiger partial charge is 0.503 e. The van der Waals surface area contributed by atoms with Crippen LogP contribution in [0.5, 0.6) is 23.0 Å². The summed E-state index contributed by atoms with van der Waals surface area (Å²) in [5.41, 5.74) is 19.4. The maximum absolute atomic E-state index is 6.61. The van der Waals surface area contributed by atoms with E-state index in [1.807, 2.05) is 60.9 Å². The number of rotatable bonds is 4. The second kappa shape index (κ2) is 16.1. The summed E-state index contributed by atoms with van der Waals surface area (Å²) in [7, 11) is 0. The Morgan fingerprint density at radius 2 is 1.19 bits per heavy atom. The summed E-state index contributed by atoms with van der Waals surface area (Å²) < 4.78 is 12.9. The van der Waals surface area contributed by atoms with Gasteiger partial charge in [0.05, 0.1) is 0 Å². The van der Waals surface area contributed by atoms with Crippen molar-refractivity contribution in [3.8, 4) is 67.8 Å². The Kier molecular flexibility index (Phi) is 10.7. The number of hydrogen-bond acceptors (Lipinski definition) is 4. The summed E-state index contributed by atoms with van der Waals surface area (Å²) >= 11 is 0. The molecular weight excluding hydrogens is 888 g/mol. The third-order valence-electron chi connectivity index (χ3n) is 11.0. The van der Waals surface area contributed by atoms with Gasteiger partial charge in [0.15, 0.2) is 0 Å². The molecule has 4 nitrogen and oxygen atoms in total. The van der Waals surface area contributed by atoms with Crippen molar-refractivity contribution in [2.45, 2.75) is 41.5 Å². The number of pyridine rings is 2. The van der Waals surface area contributed by atoms with E-state index in [0.717, 1.165) is 67.5 Å². The minimum Gasteiger partial charge on any atom is -0.503 e. The summed E-state index contributed by atoms with van der Waals surface area (Å²) in [6.45, 7) is 12.8. The fourth-order valence-electron chi connectivity index (χ4n) is 8.33. The second-order valence-electron chi connectivity index (χ2n) is 15.2. The van der Waals surface area contributed by atoms with Gasteiger partial charge in [0.2, 0.25) is 6.71 Å². The normalized spacial score (nSPS) is 11.7. The van der Waals surface area contributed by atoms with Crippen LogP contribution in [0.3, 0.4) is 0 Å². The topological polar surface area (TPSA) is 44.2 Å². The number of hydrogen-bond donors (Lipinski definition) is 0. The number of nitrogens with zero attached hydrogens (tertiary/aromatic N) is 2. The van der Waals surface area contributed by atoms with Crippen LogP contribution in [0.4, 0.5) is 0 Å². The van der Waals surface area contributed by atoms with Crippen molar-refractivity contribution < 1.29 is 29.6 Å². The third-order valence-corrected chi connectivity index (χ3v) is 11.0. The Morgan fingerprint density at radius 1 is 0.534 bits per heavy atom. The molecular formula is C52H41BIrN2O2-2. The Labute approximate surface area is 355 Å². The zero-order valence-corrected chi connectivity index (χ0v) is 35.8. The first-order valence-electron chi connectivity index (χ1n) is 19.4. The summed E-state index contributed by atoms with van der Waals surface area (Å²) in [5.74, 6) is 3.37. The molecule has 6 aromatic carbocycles. The van der Waals surface area contributed by atoms with E-state index in [0.29, 0.717) is 0 Å². The van der Waals surface area contributed by atoms with Gasteiger partial charge in [-0.05, 0) is 114 Å². The minimum absolute atomic E-state index is 0. The van der Waals surface area contributed by atoms with E-state index in [1.165, 1.54) is 50.1 Å². The summed E-state index contributed by atoms with van der Waals surface area (Å²) in [6.07, 6.45) is 3.90. The maximum Gasteiger partial charge on any atom is 0.241 e. The van der Waals surface area contributed by atoms with Gasteiger partial charge in [-0.25, -0.2) is 0 Å². The van der Waals surface area contributed by atoms with Gasteiger partial charge in [-0.3, -0.25) is 0 Å². The summed E-state index contributed by atoms with van der Waals surface area (Å²) in [6, 6.07) is 50.6. The average molecular weight is 929 g/mol. The van der Waals surface area contributed by atoms with E-state index < -0.39 is 0 Å². The number of aryl methyl sites for hydroxylation is 6. The quantitative estimate of drug-likeness (QED) is 0.130. The van der Waals surface area contributed by atoms with Crippen molar-refractivity contribution >= 4 is 23.1 Å². The molecule has 1 radical (unpaired) electrons. The molecule has 0 bridgehead atoms. The van der Waals surface area contributed by atoms with Crippen LogP contribution in [0.2, 0.25) is 0 Å². The predicted octanol–water partition coefficient (Wildman–Crippen LogP) is 11.0. The van der Waals surface area contributed by atoms with E-state index in [2.05, 4.69) is 138 Å². The van der Waals surface area contributed by atoms with Crippen LogP contribution in [-0.2, 0) is 20.1 Å². The van der Waals surface area contributed by atoms with Crippen LogP contribution in [0.1, 0.15) is 33.4 Å². The Bertz CT molecular complexity index is 2800. The fraction of sp³-hybridized carbons (Fsp3) is 0.115. The molecule has 2 aromatic heterocycles. The molecule has 0 N–H and O–H groups in total. The molecule has 0 spiro atoms. The molecule has 0 saturated carbocycles. The number of fused-ring (bicyclic) bond motifs is 4. The van der Waals surface area contributed by atoms with Gasteiger partial charge in [-0.15, -0.1) is 59.1 Å². The average Bonchev–Trinajstić information content (AvgIpc) is 3.22. The second-order valence-corrected chi connectivity index (χ2v) is 15.2. The van der Waals surface area contributed by atoms with E-state index in [1.54, 1.807) is 0 Å². The maximum atomic E-state index is 6.61. The molecule has 285 valence electrons. The number of aromatic nitrogens is 2. The van der Waals surface area contributed by atoms with Gasteiger partial charge in [-0.2, -0.15) is 0 Å². The number of benzene rings is 6. The van der Waals surface area contributed by atoms with Crippen molar-refractivity contribution in [2.75, 3.05) is 0 Å². The van der Waals surface area contributed by atoms with Crippen molar-refractivity contribution in [1.29, 1.82) is 0 Å². The van der Waals surface area contributed by atoms with Gasteiger partial charge in [0.25, 0.3) is 0 Å². The zero-order valence-electron chi connectivity index (χ0n) is 33.4. The van der Waals surface area contributed by atoms with Crippen molar-refractivity contribution in [3.63, 3.8) is 0 Å². The number of ether oxygens (including phenoxy) is 2. The van der Waals surface area contributed by atoms with Crippen LogP contribution < -0.4 is 25.9 Å². The molecule has 58 heavy (non-hydrogen) atoms. The Balaban J connectivity index is 0.000000190. The Morgan fingerprint density at radius 3 is 1.93 bits per heavy atom. The van der Waals surface area contributed by atoms with Gasteiger partial charge < -0.3 is 19.4 Å². The smallest absolute Gasteiger partial charge is 0.241 e. The first-order chi connectivity index (χ1) is 27.7. The van der Waals surface area contributed by atoms with E-state index >= 15 is 0 Å². The molecule has 0 aliphatic carbocycles. The van der Waals surface area contributed by atoms with Crippen molar-refractivity contribution in [3.05, 3.63) is 185 Å². The number of para-hydroxylation sites is 1. The molecule has 0 unspecified atom stereocenters. The van der Waals surface area contributed by atoms with Crippen molar-refractivity contribution in [2.24, 2.45) is 0 Å². The summed E-state index contributed by atoms with van der Waals surface area (Å²) in [5, 5.41) is 0. The predicted molar refractivity (Wildman–Crippen MR) is 234 cm³/mol. The van der Waals surface area contributed by atoms with Gasteiger partial charge >= 0.3 is 0 Å². The monoisotopic (exact) mass is 929 g/mol. The molecule has 6 heteroatoms. The standard InChI is InChI=1S/C33H25BNO2.C19H16N.Ir/c1-19-15-20(2)31(21(3)16-19)24-17-27(35-18-22(24)4)23-9-7-11-26-33(23)37-30-14-8-13-29-32(30)34(26)25-10-5-6-12-28(25)36-29;1-14-8-10-17(11-9-14)19-12-18(15(2)13-20-19)16-6-4-3-5-7-16;/h5-8,10-18H,1-4H3;3-10,12-13H,1-2H3;/q2*-1;. The SMILES string of the molecule is Cc1c[c-]c(-c2cc(-c3ccccc3)c(C)cn2)cc1.Cc1cc(C)c(-c2cc(-c3[c-]ccc4c3Oc3cccc5c3B4c3ccccc3O5)ncc2C)c(C)c1.[Ir]. The fourth-order valence-corrected chi connectivity index (χ4v) is 8.33. The van der Waals surface area contributed by atoms with Crippen LogP contribution in [-0.4, -0.2) is 16.7 Å². The molecule has 2 aliphatic heterocycles. The molecule has 0 saturated heterocycles. The van der Waals surface area contributed by atoms with Gasteiger partial charge in [0.1, 0.15) is 17.2 Å². The first kappa shape index (κ1) is 38.8. The van der Waals surface area contributed by atoms with Crippen molar-refractivity contribution in [1.82, 2.24) is 9.97 Å². The first-order valence-corrected chi connectivity index (χ1v) is 19.4. The molecule has 4 heterocycles. The molecule has 0 amide bonds. The molecule has 0 atom stereocenters. The van der Waals surface area contributed by atoms with Crippen LogP contribution in [0, 0.1) is 53.7 Å². The Hall–Kier alpha value is -6.07. The van der Waals surface area contributed by atoms with Crippen LogP contribution in [0.15, 0.2) is 140 Å².